The fourth-order valence-corrected chi connectivity index (χ4v) is 1.47. The number of rotatable bonds is 5. The van der Waals surface area contributed by atoms with Gasteiger partial charge in [-0.05, 0) is 6.07 Å². The van der Waals surface area contributed by atoms with Gasteiger partial charge in [0.15, 0.2) is 0 Å². The highest BCUT2D eigenvalue weighted by atomic mass is 35.5. The monoisotopic (exact) mass is 277 g/mol. The van der Waals surface area contributed by atoms with E-state index in [1.165, 1.54) is 6.07 Å². The molecule has 1 aromatic rings. The number of nitrogens with one attached hydrogen (secondary N) is 1. The van der Waals surface area contributed by atoms with Crippen LogP contribution in [0.3, 0.4) is 0 Å². The van der Waals surface area contributed by atoms with Crippen molar-refractivity contribution in [3.8, 4) is 0 Å². The van der Waals surface area contributed by atoms with Gasteiger partial charge in [-0.2, -0.15) is 0 Å². The third-order valence-corrected chi connectivity index (χ3v) is 2.64. The molecule has 0 aliphatic rings. The van der Waals surface area contributed by atoms with Gasteiger partial charge in [-0.15, -0.1) is 0 Å². The van der Waals surface area contributed by atoms with Crippen molar-refractivity contribution in [1.29, 1.82) is 0 Å². The molecular formula is C9H9Cl2N3O3. The molecule has 0 saturated heterocycles. The van der Waals surface area contributed by atoms with Crippen LogP contribution in [-0.2, 0) is 4.79 Å². The molecule has 0 spiro atoms. The normalized spacial score (nSPS) is 10.0. The molecule has 0 aliphatic carbocycles. The fourth-order valence-electron chi connectivity index (χ4n) is 1.15. The van der Waals surface area contributed by atoms with E-state index in [1.807, 2.05) is 0 Å². The summed E-state index contributed by atoms with van der Waals surface area (Å²) in [6.07, 6.45) is 0.0669. The summed E-state index contributed by atoms with van der Waals surface area (Å²) in [5.74, 6) is -0.500. The lowest BCUT2D eigenvalue weighted by Crippen LogP contribution is -2.16. The zero-order valence-corrected chi connectivity index (χ0v) is 10.1. The van der Waals surface area contributed by atoms with Crippen LogP contribution in [0.25, 0.3) is 0 Å². The first kappa shape index (κ1) is 13.5. The Hall–Kier alpha value is -1.53. The smallest absolute Gasteiger partial charge is 0.293 e. The maximum Gasteiger partial charge on any atom is 0.293 e. The Balaban J connectivity index is 2.92. The number of hydrogen-bond acceptors (Lipinski definition) is 4. The zero-order valence-electron chi connectivity index (χ0n) is 8.57. The third-order valence-electron chi connectivity index (χ3n) is 1.92. The second kappa shape index (κ2) is 5.70. The fraction of sp³-hybridized carbons (Fsp3) is 0.222. The molecule has 0 fully saturated rings. The molecule has 92 valence electrons. The molecule has 0 aliphatic heterocycles. The van der Waals surface area contributed by atoms with E-state index in [2.05, 4.69) is 5.32 Å². The first-order chi connectivity index (χ1) is 7.91. The van der Waals surface area contributed by atoms with Gasteiger partial charge in [-0.25, -0.2) is 0 Å². The van der Waals surface area contributed by atoms with Crippen molar-refractivity contribution in [2.75, 3.05) is 11.9 Å². The second-order valence-electron chi connectivity index (χ2n) is 3.18. The first-order valence-electron chi connectivity index (χ1n) is 4.57. The van der Waals surface area contributed by atoms with Crippen molar-refractivity contribution in [3.63, 3.8) is 0 Å². The number of nitro benzene ring substituents is 1. The number of carbonyl (C=O) groups is 1. The van der Waals surface area contributed by atoms with Gasteiger partial charge in [-0.3, -0.25) is 14.9 Å². The van der Waals surface area contributed by atoms with Gasteiger partial charge in [0.2, 0.25) is 5.91 Å². The average molecular weight is 278 g/mol. The minimum absolute atomic E-state index is 0.0669. The number of benzene rings is 1. The molecule has 17 heavy (non-hydrogen) atoms. The summed E-state index contributed by atoms with van der Waals surface area (Å²) in [6, 6.07) is 2.49. The largest absolute Gasteiger partial charge is 0.379 e. The number of anilines is 1. The van der Waals surface area contributed by atoms with Gasteiger partial charge in [0.25, 0.3) is 5.69 Å². The van der Waals surface area contributed by atoms with Crippen LogP contribution in [0.5, 0.6) is 0 Å². The summed E-state index contributed by atoms with van der Waals surface area (Å²) in [5, 5.41) is 13.8. The van der Waals surface area contributed by atoms with Crippen LogP contribution in [0.15, 0.2) is 12.1 Å². The summed E-state index contributed by atoms with van der Waals surface area (Å²) in [7, 11) is 0. The number of nitro groups is 1. The third kappa shape index (κ3) is 3.76. The summed E-state index contributed by atoms with van der Waals surface area (Å²) in [6.45, 7) is 0.189. The number of carbonyl (C=O) groups excluding carboxylic acids is 1. The Kier molecular flexibility index (Phi) is 4.53. The Morgan fingerprint density at radius 3 is 2.53 bits per heavy atom. The maximum absolute atomic E-state index is 10.8. The van der Waals surface area contributed by atoms with E-state index in [-0.39, 0.29) is 34.4 Å². The number of hydrogen-bond donors (Lipinski definition) is 2. The summed E-state index contributed by atoms with van der Waals surface area (Å²) < 4.78 is 0. The Morgan fingerprint density at radius 1 is 1.41 bits per heavy atom. The van der Waals surface area contributed by atoms with E-state index in [9.17, 15) is 14.9 Å². The summed E-state index contributed by atoms with van der Waals surface area (Å²) in [4.78, 5) is 20.7. The van der Waals surface area contributed by atoms with E-state index in [0.717, 1.165) is 6.07 Å². The molecule has 1 amide bonds. The first-order valence-corrected chi connectivity index (χ1v) is 5.33. The minimum atomic E-state index is -0.588. The lowest BCUT2D eigenvalue weighted by molar-refractivity contribution is -0.383. The van der Waals surface area contributed by atoms with Crippen LogP contribution < -0.4 is 11.1 Å². The van der Waals surface area contributed by atoms with Crippen LogP contribution in [0.1, 0.15) is 6.42 Å². The van der Waals surface area contributed by atoms with Crippen LogP contribution in [-0.4, -0.2) is 17.4 Å². The molecule has 1 aromatic carbocycles. The highest BCUT2D eigenvalue weighted by Gasteiger charge is 2.16. The standard InChI is InChI=1S/C9H9Cl2N3O3/c10-5-3-7(13-2-1-9(12)15)8(14(16)17)4-6(5)11/h3-4,13H,1-2H2,(H2,12,15). The zero-order chi connectivity index (χ0) is 13.0. The quantitative estimate of drug-likeness (QED) is 0.637. The molecule has 0 heterocycles. The number of nitrogens with zero attached hydrogens (tertiary/aromatic N) is 1. The van der Waals surface area contributed by atoms with Gasteiger partial charge in [0.05, 0.1) is 15.0 Å². The lowest BCUT2D eigenvalue weighted by atomic mass is 10.2. The van der Waals surface area contributed by atoms with Crippen LogP contribution in [0.2, 0.25) is 10.0 Å². The van der Waals surface area contributed by atoms with Crippen LogP contribution >= 0.6 is 23.2 Å². The van der Waals surface area contributed by atoms with E-state index in [0.29, 0.717) is 0 Å². The predicted molar refractivity (Wildman–Crippen MR) is 65.4 cm³/mol. The molecule has 0 bridgehead atoms. The van der Waals surface area contributed by atoms with Crippen LogP contribution in [0, 0.1) is 10.1 Å². The van der Waals surface area contributed by atoms with Crippen molar-refractivity contribution in [2.24, 2.45) is 5.73 Å². The Morgan fingerprint density at radius 2 is 2.00 bits per heavy atom. The summed E-state index contributed by atoms with van der Waals surface area (Å²) >= 11 is 11.4. The van der Waals surface area contributed by atoms with E-state index >= 15 is 0 Å². The molecule has 0 radical (unpaired) electrons. The Bertz CT molecular complexity index is 465. The van der Waals surface area contributed by atoms with Crippen molar-refractivity contribution in [3.05, 3.63) is 32.3 Å². The number of primary amides is 1. The number of nitrogens with two attached hydrogens (primary N) is 1. The average Bonchev–Trinajstić information content (AvgIpc) is 2.22. The predicted octanol–water partition coefficient (Wildman–Crippen LogP) is 2.19. The van der Waals surface area contributed by atoms with Crippen LogP contribution in [0.4, 0.5) is 11.4 Å². The van der Waals surface area contributed by atoms with E-state index < -0.39 is 10.8 Å². The van der Waals surface area contributed by atoms with Gasteiger partial charge in [0.1, 0.15) is 5.69 Å². The van der Waals surface area contributed by atoms with Crippen molar-refractivity contribution < 1.29 is 9.72 Å². The van der Waals surface area contributed by atoms with E-state index in [1.54, 1.807) is 0 Å². The van der Waals surface area contributed by atoms with Gasteiger partial charge >= 0.3 is 0 Å². The van der Waals surface area contributed by atoms with Gasteiger partial charge < -0.3 is 11.1 Å². The topological polar surface area (TPSA) is 98.3 Å². The second-order valence-corrected chi connectivity index (χ2v) is 4.00. The van der Waals surface area contributed by atoms with Gasteiger partial charge in [-0.1, -0.05) is 23.2 Å². The van der Waals surface area contributed by atoms with Crippen molar-refractivity contribution >= 4 is 40.5 Å². The SMILES string of the molecule is NC(=O)CCNc1cc(Cl)c(Cl)cc1[N+](=O)[O-]. The molecule has 1 rings (SSSR count). The molecule has 0 saturated carbocycles. The molecule has 6 nitrogen and oxygen atoms in total. The number of halogens is 2. The van der Waals surface area contributed by atoms with E-state index in [4.69, 9.17) is 28.9 Å². The van der Waals surface area contributed by atoms with Gasteiger partial charge in [0, 0.05) is 19.0 Å². The van der Waals surface area contributed by atoms with Crippen molar-refractivity contribution in [1.82, 2.24) is 0 Å². The summed E-state index contributed by atoms with van der Waals surface area (Å²) in [5.41, 5.74) is 4.94. The minimum Gasteiger partial charge on any atom is -0.379 e. The molecule has 8 heteroatoms. The Labute approximate surface area is 107 Å². The lowest BCUT2D eigenvalue weighted by Gasteiger charge is -2.07. The molecule has 0 aromatic heterocycles. The maximum atomic E-state index is 10.8. The number of amides is 1. The van der Waals surface area contributed by atoms with Crippen molar-refractivity contribution in [2.45, 2.75) is 6.42 Å². The highest BCUT2D eigenvalue weighted by Crippen LogP contribution is 2.33. The molecule has 3 N–H and O–H groups in total. The molecule has 0 unspecified atom stereocenters. The molecular weight excluding hydrogens is 269 g/mol. The highest BCUT2D eigenvalue weighted by molar-refractivity contribution is 6.42. The molecule has 0 atom stereocenters.